The number of carboxylic acid groups (broad SMARTS) is 1. The number of carbonyl (C=O) groups is 2. The number of carbonyl (C=O) groups excluding carboxylic acids is 1. The van der Waals surface area contributed by atoms with Crippen molar-refractivity contribution in [3.63, 3.8) is 0 Å². The zero-order valence-corrected chi connectivity index (χ0v) is 19.9. The molecule has 2 N–H and O–H groups in total. The number of carboxylic acids is 1. The third kappa shape index (κ3) is 21.6. The first-order valence-corrected chi connectivity index (χ1v) is 12.2. The van der Waals surface area contributed by atoms with Crippen LogP contribution in [-0.4, -0.2) is 47.6 Å². The largest absolute Gasteiger partial charge is 0.479 e. The van der Waals surface area contributed by atoms with Crippen LogP contribution in [0.3, 0.4) is 0 Å². The van der Waals surface area contributed by atoms with Gasteiger partial charge in [-0.3, -0.25) is 0 Å². The average Bonchev–Trinajstić information content (AvgIpc) is 3.57. The number of aliphatic carboxylic acids is 1. The number of esters is 1. The lowest BCUT2D eigenvalue weighted by molar-refractivity contribution is -0.147. The van der Waals surface area contributed by atoms with Gasteiger partial charge in [0.15, 0.2) is 6.10 Å². The van der Waals surface area contributed by atoms with Crippen molar-refractivity contribution in [2.45, 2.75) is 122 Å². The Labute approximate surface area is 189 Å². The predicted molar refractivity (Wildman–Crippen MR) is 124 cm³/mol. The summed E-state index contributed by atoms with van der Waals surface area (Å²) in [6.07, 6.45) is 17.4. The average molecular weight is 443 g/mol. The van der Waals surface area contributed by atoms with Crippen molar-refractivity contribution < 1.29 is 29.3 Å². The molecule has 6 heteroatoms. The van der Waals surface area contributed by atoms with Gasteiger partial charge in [0.25, 0.3) is 0 Å². The predicted octanol–water partition coefficient (Wildman–Crippen LogP) is 5.81. The maximum atomic E-state index is 10.7. The van der Waals surface area contributed by atoms with Crippen LogP contribution in [0, 0.1) is 0 Å². The molecule has 0 radical (unpaired) electrons. The molecule has 0 bridgehead atoms. The highest BCUT2D eigenvalue weighted by Crippen LogP contribution is 2.13. The molecule has 0 spiro atoms. The molecule has 6 nitrogen and oxygen atoms in total. The number of aliphatic hydroxyl groups excluding tert-OH is 1. The fraction of sp³-hybridized carbons (Fsp3) is 0.840. The number of rotatable bonds is 19. The highest BCUT2D eigenvalue weighted by molar-refractivity contribution is 5.86. The fourth-order valence-corrected chi connectivity index (χ4v) is 3.11. The molecule has 2 atom stereocenters. The lowest BCUT2D eigenvalue weighted by Crippen LogP contribution is -2.18. The standard InChI is InChI=1S/C18H36O3.C7H10O3/c1-2-3-4-5-6-7-8-9-10-11-12-13-14-15-16-17(19)18(20)21;1-5(2)7(8)10-4-6-3-9-6/h17,19H,2-16H2,1H3,(H,20,21);6H,1,3-4H2,2H3. The van der Waals surface area contributed by atoms with E-state index in [4.69, 9.17) is 19.7 Å². The van der Waals surface area contributed by atoms with E-state index < -0.39 is 12.1 Å². The summed E-state index contributed by atoms with van der Waals surface area (Å²) in [5.41, 5.74) is 0.431. The van der Waals surface area contributed by atoms with Crippen molar-refractivity contribution in [1.82, 2.24) is 0 Å². The van der Waals surface area contributed by atoms with E-state index in [0.29, 0.717) is 25.2 Å². The summed E-state index contributed by atoms with van der Waals surface area (Å²) in [6.45, 7) is 8.40. The first kappa shape index (κ1) is 29.6. The van der Waals surface area contributed by atoms with Crippen molar-refractivity contribution in [2.75, 3.05) is 13.2 Å². The highest BCUT2D eigenvalue weighted by Gasteiger charge is 2.24. The molecule has 31 heavy (non-hydrogen) atoms. The second-order valence-electron chi connectivity index (χ2n) is 8.57. The van der Waals surface area contributed by atoms with E-state index in [1.165, 1.54) is 77.0 Å². The first-order valence-electron chi connectivity index (χ1n) is 12.2. The Balaban J connectivity index is 0.000000743. The second kappa shape index (κ2) is 20.5. The number of epoxide rings is 1. The van der Waals surface area contributed by atoms with Gasteiger partial charge in [-0.15, -0.1) is 0 Å². The molecule has 1 aliphatic heterocycles. The summed E-state index contributed by atoms with van der Waals surface area (Å²) >= 11 is 0. The molecular formula is C25H46O6. The third-order valence-electron chi connectivity index (χ3n) is 5.27. The lowest BCUT2D eigenvalue weighted by Gasteiger charge is -2.05. The van der Waals surface area contributed by atoms with Gasteiger partial charge in [0.05, 0.1) is 6.61 Å². The molecule has 0 aromatic heterocycles. The van der Waals surface area contributed by atoms with E-state index in [9.17, 15) is 9.59 Å². The Kier molecular flexibility index (Phi) is 19.6. The molecule has 0 aliphatic carbocycles. The van der Waals surface area contributed by atoms with E-state index in [-0.39, 0.29) is 12.1 Å². The Hall–Kier alpha value is -1.40. The van der Waals surface area contributed by atoms with Gasteiger partial charge in [-0.25, -0.2) is 9.59 Å². The van der Waals surface area contributed by atoms with Crippen LogP contribution in [0.25, 0.3) is 0 Å². The maximum absolute atomic E-state index is 10.7. The normalized spacial score (nSPS) is 15.5. The van der Waals surface area contributed by atoms with Gasteiger partial charge >= 0.3 is 11.9 Å². The van der Waals surface area contributed by atoms with E-state index in [0.717, 1.165) is 12.8 Å². The van der Waals surface area contributed by atoms with E-state index >= 15 is 0 Å². The number of ether oxygens (including phenoxy) is 2. The molecule has 2 unspecified atom stereocenters. The van der Waals surface area contributed by atoms with Gasteiger partial charge in [0.1, 0.15) is 12.7 Å². The molecule has 0 amide bonds. The van der Waals surface area contributed by atoms with Crippen LogP contribution in [0.4, 0.5) is 0 Å². The van der Waals surface area contributed by atoms with Crippen LogP contribution in [0.5, 0.6) is 0 Å². The van der Waals surface area contributed by atoms with E-state index in [1.54, 1.807) is 6.92 Å². The van der Waals surface area contributed by atoms with Crippen molar-refractivity contribution in [3.05, 3.63) is 12.2 Å². The Bertz CT molecular complexity index is 473. The summed E-state index contributed by atoms with van der Waals surface area (Å²) in [6, 6.07) is 0. The minimum Gasteiger partial charge on any atom is -0.479 e. The number of unbranched alkanes of at least 4 members (excludes halogenated alkanes) is 13. The van der Waals surface area contributed by atoms with E-state index in [1.807, 2.05) is 0 Å². The Morgan fingerprint density at radius 2 is 1.35 bits per heavy atom. The Morgan fingerprint density at radius 1 is 0.935 bits per heavy atom. The third-order valence-corrected chi connectivity index (χ3v) is 5.27. The van der Waals surface area contributed by atoms with Crippen molar-refractivity contribution in [2.24, 2.45) is 0 Å². The van der Waals surface area contributed by atoms with Crippen LogP contribution < -0.4 is 0 Å². The monoisotopic (exact) mass is 442 g/mol. The number of aliphatic hydroxyl groups is 1. The highest BCUT2D eigenvalue weighted by atomic mass is 16.6. The fourth-order valence-electron chi connectivity index (χ4n) is 3.11. The van der Waals surface area contributed by atoms with Crippen LogP contribution in [0.15, 0.2) is 12.2 Å². The minimum atomic E-state index is -1.16. The second-order valence-corrected chi connectivity index (χ2v) is 8.57. The molecule has 0 saturated carbocycles. The quantitative estimate of drug-likeness (QED) is 0.113. The van der Waals surface area contributed by atoms with Crippen LogP contribution in [0.1, 0.15) is 110 Å². The van der Waals surface area contributed by atoms with Gasteiger partial charge in [-0.2, -0.15) is 0 Å². The lowest BCUT2D eigenvalue weighted by atomic mass is 10.0. The summed E-state index contributed by atoms with van der Waals surface area (Å²) in [7, 11) is 0. The minimum absolute atomic E-state index is 0.142. The van der Waals surface area contributed by atoms with Gasteiger partial charge in [-0.1, -0.05) is 103 Å². The maximum Gasteiger partial charge on any atom is 0.333 e. The molecule has 182 valence electrons. The first-order chi connectivity index (χ1) is 14.9. The summed E-state index contributed by atoms with van der Waals surface area (Å²) in [5, 5.41) is 17.7. The molecule has 1 rings (SSSR count). The van der Waals surface area contributed by atoms with Crippen LogP contribution in [0.2, 0.25) is 0 Å². The van der Waals surface area contributed by atoms with Gasteiger partial charge in [-0.05, 0) is 13.3 Å². The van der Waals surface area contributed by atoms with Crippen molar-refractivity contribution in [1.29, 1.82) is 0 Å². The molecule has 1 saturated heterocycles. The molecule has 1 heterocycles. The van der Waals surface area contributed by atoms with E-state index in [2.05, 4.69) is 13.5 Å². The topological polar surface area (TPSA) is 96.4 Å². The summed E-state index contributed by atoms with van der Waals surface area (Å²) < 4.78 is 9.60. The number of hydrogen-bond acceptors (Lipinski definition) is 5. The molecular weight excluding hydrogens is 396 g/mol. The SMILES string of the molecule is C=C(C)C(=O)OCC1CO1.CCCCCCCCCCCCCCCCC(O)C(=O)O. The van der Waals surface area contributed by atoms with Crippen LogP contribution in [-0.2, 0) is 19.1 Å². The zero-order chi connectivity index (χ0) is 23.3. The van der Waals surface area contributed by atoms with Crippen LogP contribution >= 0.6 is 0 Å². The molecule has 0 aromatic rings. The zero-order valence-electron chi connectivity index (χ0n) is 19.9. The summed E-state index contributed by atoms with van der Waals surface area (Å²) in [4.78, 5) is 21.1. The molecule has 0 aromatic carbocycles. The van der Waals surface area contributed by atoms with Gasteiger partial charge in [0, 0.05) is 5.57 Å². The van der Waals surface area contributed by atoms with Crippen molar-refractivity contribution >= 4 is 11.9 Å². The number of hydrogen-bond donors (Lipinski definition) is 2. The van der Waals surface area contributed by atoms with Gasteiger partial charge < -0.3 is 19.7 Å². The molecule has 1 fully saturated rings. The summed E-state index contributed by atoms with van der Waals surface area (Å²) in [5.74, 6) is -1.43. The van der Waals surface area contributed by atoms with Crippen molar-refractivity contribution in [3.8, 4) is 0 Å². The smallest absolute Gasteiger partial charge is 0.333 e. The molecule has 1 aliphatic rings. The van der Waals surface area contributed by atoms with Gasteiger partial charge in [0.2, 0.25) is 0 Å². The Morgan fingerprint density at radius 3 is 1.71 bits per heavy atom.